The first-order valence-corrected chi connectivity index (χ1v) is 8.92. The van der Waals surface area contributed by atoms with Crippen molar-refractivity contribution in [1.29, 1.82) is 0 Å². The van der Waals surface area contributed by atoms with E-state index < -0.39 is 11.6 Å². The maximum absolute atomic E-state index is 12.9. The summed E-state index contributed by atoms with van der Waals surface area (Å²) in [6, 6.07) is 12.0. The van der Waals surface area contributed by atoms with Crippen LogP contribution in [-0.4, -0.2) is 25.3 Å². The number of hydrogen-bond donors (Lipinski definition) is 0. The minimum Gasteiger partial charge on any atom is -0.497 e. The highest BCUT2D eigenvalue weighted by Crippen LogP contribution is 2.26. The smallest absolute Gasteiger partial charge is 0.349 e. The lowest BCUT2D eigenvalue weighted by atomic mass is 10.1. The van der Waals surface area contributed by atoms with E-state index >= 15 is 0 Å². The molecule has 0 radical (unpaired) electrons. The summed E-state index contributed by atoms with van der Waals surface area (Å²) in [4.78, 5) is 24.9. The van der Waals surface area contributed by atoms with Gasteiger partial charge in [0.25, 0.3) is 0 Å². The van der Waals surface area contributed by atoms with Gasteiger partial charge in [-0.05, 0) is 50.6 Å². The number of hydrogen-bond acceptors (Lipinski definition) is 6. The fourth-order valence-electron chi connectivity index (χ4n) is 2.78. The summed E-state index contributed by atoms with van der Waals surface area (Å²) in [5.41, 5.74) is 0.255. The van der Waals surface area contributed by atoms with Crippen molar-refractivity contribution in [2.75, 3.05) is 13.7 Å². The highest BCUT2D eigenvalue weighted by Gasteiger charge is 2.31. The predicted octanol–water partition coefficient (Wildman–Crippen LogP) is 4.19. The molecule has 0 amide bonds. The van der Waals surface area contributed by atoms with E-state index in [-0.39, 0.29) is 12.0 Å². The normalized spacial score (nSPS) is 11.3. The Hall–Kier alpha value is -3.28. The van der Waals surface area contributed by atoms with Crippen molar-refractivity contribution >= 4 is 16.9 Å². The predicted molar refractivity (Wildman–Crippen MR) is 106 cm³/mol. The molecule has 0 bridgehead atoms. The molecule has 0 fully saturated rings. The van der Waals surface area contributed by atoms with Crippen LogP contribution < -0.4 is 14.9 Å². The maximum Gasteiger partial charge on any atom is 0.349 e. The molecule has 2 aromatic carbocycles. The summed E-state index contributed by atoms with van der Waals surface area (Å²) < 4.78 is 21.6. The molecule has 0 aliphatic carbocycles. The Labute approximate surface area is 162 Å². The van der Waals surface area contributed by atoms with E-state index in [1.165, 1.54) is 6.26 Å². The molecule has 0 saturated carbocycles. The van der Waals surface area contributed by atoms with Gasteiger partial charge in [0.2, 0.25) is 0 Å². The van der Waals surface area contributed by atoms with Crippen LogP contribution in [0.2, 0.25) is 0 Å². The lowest BCUT2D eigenvalue weighted by Gasteiger charge is -2.24. The van der Waals surface area contributed by atoms with Crippen LogP contribution in [0.25, 0.3) is 22.1 Å². The van der Waals surface area contributed by atoms with Crippen LogP contribution in [0.4, 0.5) is 0 Å². The van der Waals surface area contributed by atoms with Crippen LogP contribution in [0.3, 0.4) is 0 Å². The molecule has 1 aromatic heterocycles. The first kappa shape index (κ1) is 19.5. The number of esters is 1. The summed E-state index contributed by atoms with van der Waals surface area (Å²) in [6.07, 6.45) is 1.42. The van der Waals surface area contributed by atoms with Crippen molar-refractivity contribution in [2.45, 2.75) is 26.4 Å². The van der Waals surface area contributed by atoms with E-state index in [1.54, 1.807) is 70.3 Å². The maximum atomic E-state index is 12.9. The quantitative estimate of drug-likeness (QED) is 0.595. The molecule has 0 spiro atoms. The first-order valence-electron chi connectivity index (χ1n) is 8.92. The van der Waals surface area contributed by atoms with E-state index in [9.17, 15) is 9.59 Å². The molecule has 0 aliphatic rings. The molecule has 0 saturated heterocycles. The Morgan fingerprint density at radius 3 is 2.39 bits per heavy atom. The van der Waals surface area contributed by atoms with E-state index in [1.807, 2.05) is 0 Å². The second kappa shape index (κ2) is 7.76. The summed E-state index contributed by atoms with van der Waals surface area (Å²) in [5, 5.41) is 0.426. The molecule has 0 aliphatic heterocycles. The van der Waals surface area contributed by atoms with Gasteiger partial charge in [0.15, 0.2) is 11.0 Å². The first-order chi connectivity index (χ1) is 13.4. The van der Waals surface area contributed by atoms with Gasteiger partial charge in [0, 0.05) is 6.07 Å². The monoisotopic (exact) mass is 382 g/mol. The third kappa shape index (κ3) is 3.86. The number of benzene rings is 2. The highest BCUT2D eigenvalue weighted by molar-refractivity contribution is 5.83. The average Bonchev–Trinajstić information content (AvgIpc) is 2.68. The van der Waals surface area contributed by atoms with E-state index in [0.717, 1.165) is 5.56 Å². The van der Waals surface area contributed by atoms with Gasteiger partial charge in [0.1, 0.15) is 23.3 Å². The molecule has 6 nitrogen and oxygen atoms in total. The topological polar surface area (TPSA) is 75.0 Å². The van der Waals surface area contributed by atoms with Crippen LogP contribution in [0.15, 0.2) is 57.9 Å². The van der Waals surface area contributed by atoms with Crippen molar-refractivity contribution in [3.63, 3.8) is 0 Å². The zero-order valence-electron chi connectivity index (χ0n) is 16.3. The SMILES string of the molecule is CCOC(=O)C(C)(C)Oc1ccc2c(=O)c(-c3ccc(OC)cc3)coc2c1. The summed E-state index contributed by atoms with van der Waals surface area (Å²) in [5.74, 6) is 0.650. The number of ether oxygens (including phenoxy) is 3. The third-order valence-electron chi connectivity index (χ3n) is 4.29. The molecule has 0 N–H and O–H groups in total. The molecule has 3 aromatic rings. The fourth-order valence-corrected chi connectivity index (χ4v) is 2.78. The van der Waals surface area contributed by atoms with Crippen LogP contribution in [0.1, 0.15) is 20.8 Å². The van der Waals surface area contributed by atoms with E-state index in [2.05, 4.69) is 0 Å². The standard InChI is InChI=1S/C22H22O6/c1-5-26-21(24)22(2,3)28-16-10-11-17-19(12-16)27-13-18(20(17)23)14-6-8-15(25-4)9-7-14/h6-13H,5H2,1-4H3. The van der Waals surface area contributed by atoms with Crippen LogP contribution in [0.5, 0.6) is 11.5 Å². The minimum atomic E-state index is -1.16. The Morgan fingerprint density at radius 2 is 1.75 bits per heavy atom. The van der Waals surface area contributed by atoms with Gasteiger partial charge < -0.3 is 18.6 Å². The van der Waals surface area contributed by atoms with E-state index in [0.29, 0.717) is 28.0 Å². The molecule has 146 valence electrons. The minimum absolute atomic E-state index is 0.150. The van der Waals surface area contributed by atoms with Crippen LogP contribution in [0, 0.1) is 0 Å². The number of methoxy groups -OCH3 is 1. The largest absolute Gasteiger partial charge is 0.497 e. The summed E-state index contributed by atoms with van der Waals surface area (Å²) in [7, 11) is 1.59. The summed E-state index contributed by atoms with van der Waals surface area (Å²) >= 11 is 0. The highest BCUT2D eigenvalue weighted by atomic mass is 16.6. The van der Waals surface area contributed by atoms with Gasteiger partial charge in [-0.2, -0.15) is 0 Å². The van der Waals surface area contributed by atoms with Crippen molar-refractivity contribution in [2.24, 2.45) is 0 Å². The van der Waals surface area contributed by atoms with Crippen molar-refractivity contribution in [3.8, 4) is 22.6 Å². The molecule has 0 unspecified atom stereocenters. The molecule has 1 heterocycles. The number of rotatable bonds is 6. The average molecular weight is 382 g/mol. The molecule has 3 rings (SSSR count). The van der Waals surface area contributed by atoms with Crippen molar-refractivity contribution in [1.82, 2.24) is 0 Å². The number of fused-ring (bicyclic) bond motifs is 1. The van der Waals surface area contributed by atoms with Gasteiger partial charge in [-0.15, -0.1) is 0 Å². The van der Waals surface area contributed by atoms with Crippen LogP contribution >= 0.6 is 0 Å². The van der Waals surface area contributed by atoms with Crippen molar-refractivity contribution in [3.05, 3.63) is 59.0 Å². The Balaban J connectivity index is 1.94. The van der Waals surface area contributed by atoms with E-state index in [4.69, 9.17) is 18.6 Å². The van der Waals surface area contributed by atoms with Gasteiger partial charge in [-0.3, -0.25) is 4.79 Å². The van der Waals surface area contributed by atoms with Gasteiger partial charge in [0.05, 0.1) is 24.7 Å². The second-order valence-electron chi connectivity index (χ2n) is 6.70. The molecule has 28 heavy (non-hydrogen) atoms. The molecular weight excluding hydrogens is 360 g/mol. The van der Waals surface area contributed by atoms with Crippen molar-refractivity contribution < 1.29 is 23.4 Å². The molecule has 6 heteroatoms. The number of carbonyl (C=O) groups is 1. The lowest BCUT2D eigenvalue weighted by molar-refractivity contribution is -0.158. The second-order valence-corrected chi connectivity index (χ2v) is 6.70. The van der Waals surface area contributed by atoms with Gasteiger partial charge in [-0.25, -0.2) is 4.79 Å². The summed E-state index contributed by atoms with van der Waals surface area (Å²) in [6.45, 7) is 5.25. The zero-order valence-corrected chi connectivity index (χ0v) is 16.3. The van der Waals surface area contributed by atoms with Gasteiger partial charge in [-0.1, -0.05) is 12.1 Å². The molecule has 0 atom stereocenters. The Kier molecular flexibility index (Phi) is 5.40. The third-order valence-corrected chi connectivity index (χ3v) is 4.29. The zero-order chi connectivity index (χ0) is 20.3. The molecular formula is C22H22O6. The Bertz CT molecular complexity index is 1050. The van der Waals surface area contributed by atoms with Gasteiger partial charge >= 0.3 is 5.97 Å². The van der Waals surface area contributed by atoms with Crippen LogP contribution in [-0.2, 0) is 9.53 Å². The Morgan fingerprint density at radius 1 is 1.07 bits per heavy atom. The fraction of sp³-hybridized carbons (Fsp3) is 0.273. The number of carbonyl (C=O) groups excluding carboxylic acids is 1. The lowest BCUT2D eigenvalue weighted by Crippen LogP contribution is -2.39.